The second kappa shape index (κ2) is 6.78. The molecule has 1 N–H and O–H groups in total. The highest BCUT2D eigenvalue weighted by Crippen LogP contribution is 2.33. The third-order valence-electron chi connectivity index (χ3n) is 5.74. The number of allylic oxidation sites excluding steroid dienone is 2. The lowest BCUT2D eigenvalue weighted by molar-refractivity contribution is -0.303. The molecular weight excluding hydrogens is 361 g/mol. The number of fused-ring (bicyclic) bond motifs is 3. The average Bonchev–Trinajstić information content (AvgIpc) is 2.97. The van der Waals surface area contributed by atoms with Crippen LogP contribution in [0.25, 0.3) is 0 Å². The van der Waals surface area contributed by atoms with E-state index in [1.807, 2.05) is 0 Å². The molecule has 2 atom stereocenters. The normalized spacial score (nSPS) is 30.6. The van der Waals surface area contributed by atoms with Crippen molar-refractivity contribution in [2.45, 2.75) is 63.0 Å². The van der Waals surface area contributed by atoms with Gasteiger partial charge in [-0.25, -0.2) is 0 Å². The summed E-state index contributed by atoms with van der Waals surface area (Å²) in [7, 11) is 2.13. The zero-order valence-corrected chi connectivity index (χ0v) is 14.9. The molecule has 3 heterocycles. The maximum Gasteiger partial charge on any atom is 0.573 e. The van der Waals surface area contributed by atoms with E-state index in [4.69, 9.17) is 0 Å². The first-order valence-corrected chi connectivity index (χ1v) is 9.16. The molecule has 0 aromatic heterocycles. The molecule has 27 heavy (non-hydrogen) atoms. The fourth-order valence-corrected chi connectivity index (χ4v) is 4.42. The first-order chi connectivity index (χ1) is 12.8. The van der Waals surface area contributed by atoms with Gasteiger partial charge in [-0.1, -0.05) is 6.42 Å². The SMILES string of the molecule is CN1C2CCCC1CC(NC(=O)C1=NN=C3CC=C(OC(F)(F)F)C=C31)C2. The van der Waals surface area contributed by atoms with Crippen LogP contribution in [0.4, 0.5) is 13.2 Å². The van der Waals surface area contributed by atoms with Gasteiger partial charge in [0.05, 0.1) is 5.71 Å². The molecule has 2 unspecified atom stereocenters. The van der Waals surface area contributed by atoms with Gasteiger partial charge in [0.1, 0.15) is 5.76 Å². The number of ether oxygens (including phenoxy) is 1. The van der Waals surface area contributed by atoms with Crippen molar-refractivity contribution in [3.8, 4) is 0 Å². The Morgan fingerprint density at radius 1 is 1.26 bits per heavy atom. The van der Waals surface area contributed by atoms with E-state index in [-0.39, 0.29) is 29.8 Å². The molecule has 0 saturated carbocycles. The molecular formula is C18H21F3N4O2. The number of nitrogens with one attached hydrogen (secondary N) is 1. The van der Waals surface area contributed by atoms with E-state index in [1.165, 1.54) is 18.6 Å². The Morgan fingerprint density at radius 2 is 1.96 bits per heavy atom. The van der Waals surface area contributed by atoms with Crippen molar-refractivity contribution in [3.63, 3.8) is 0 Å². The van der Waals surface area contributed by atoms with Crippen LogP contribution >= 0.6 is 0 Å². The van der Waals surface area contributed by atoms with Gasteiger partial charge in [0.15, 0.2) is 5.71 Å². The molecule has 4 rings (SSSR count). The van der Waals surface area contributed by atoms with Crippen LogP contribution in [0.2, 0.25) is 0 Å². The number of rotatable bonds is 3. The van der Waals surface area contributed by atoms with Crippen LogP contribution in [0.15, 0.2) is 33.7 Å². The molecule has 146 valence electrons. The Balaban J connectivity index is 1.43. The van der Waals surface area contributed by atoms with Crippen LogP contribution in [-0.2, 0) is 9.53 Å². The Hall–Kier alpha value is -2.16. The molecule has 1 aliphatic carbocycles. The minimum atomic E-state index is -4.78. The van der Waals surface area contributed by atoms with Crippen molar-refractivity contribution in [1.29, 1.82) is 0 Å². The topological polar surface area (TPSA) is 66.3 Å². The lowest BCUT2D eigenvalue weighted by Gasteiger charge is -2.47. The minimum Gasteiger partial charge on any atom is -0.406 e. The van der Waals surface area contributed by atoms with Gasteiger partial charge in [0.25, 0.3) is 5.91 Å². The van der Waals surface area contributed by atoms with E-state index < -0.39 is 6.36 Å². The number of hydrogen-bond donors (Lipinski definition) is 1. The summed E-state index contributed by atoms with van der Waals surface area (Å²) >= 11 is 0. The zero-order valence-electron chi connectivity index (χ0n) is 14.9. The second-order valence-electron chi connectivity index (χ2n) is 7.46. The predicted molar refractivity (Wildman–Crippen MR) is 93.1 cm³/mol. The van der Waals surface area contributed by atoms with Crippen LogP contribution in [0, 0.1) is 0 Å². The monoisotopic (exact) mass is 382 g/mol. The smallest absolute Gasteiger partial charge is 0.406 e. The Labute approximate surface area is 154 Å². The summed E-state index contributed by atoms with van der Waals surface area (Å²) in [6.45, 7) is 0. The van der Waals surface area contributed by atoms with Gasteiger partial charge >= 0.3 is 6.36 Å². The van der Waals surface area contributed by atoms with Crippen LogP contribution in [0.3, 0.4) is 0 Å². The molecule has 6 nitrogen and oxygen atoms in total. The van der Waals surface area contributed by atoms with Crippen molar-refractivity contribution >= 4 is 17.3 Å². The van der Waals surface area contributed by atoms with Crippen LogP contribution < -0.4 is 5.32 Å². The maximum atomic E-state index is 12.7. The molecule has 2 fully saturated rings. The van der Waals surface area contributed by atoms with Crippen molar-refractivity contribution in [2.75, 3.05) is 7.05 Å². The second-order valence-corrected chi connectivity index (χ2v) is 7.46. The number of halogens is 3. The number of piperidine rings is 2. The van der Waals surface area contributed by atoms with E-state index in [1.54, 1.807) is 0 Å². The van der Waals surface area contributed by atoms with Gasteiger partial charge in [-0.2, -0.15) is 5.10 Å². The van der Waals surface area contributed by atoms with E-state index in [0.29, 0.717) is 23.4 Å². The zero-order chi connectivity index (χ0) is 19.2. The fraction of sp³-hybridized carbons (Fsp3) is 0.611. The molecule has 0 radical (unpaired) electrons. The van der Waals surface area contributed by atoms with E-state index >= 15 is 0 Å². The number of carbonyl (C=O) groups is 1. The molecule has 3 aliphatic heterocycles. The van der Waals surface area contributed by atoms with Crippen molar-refractivity contribution in [3.05, 3.63) is 23.5 Å². The van der Waals surface area contributed by atoms with Crippen LogP contribution in [-0.4, -0.2) is 53.8 Å². The first kappa shape index (κ1) is 18.2. The van der Waals surface area contributed by atoms with Gasteiger partial charge in [0.2, 0.25) is 0 Å². The van der Waals surface area contributed by atoms with Gasteiger partial charge in [-0.05, 0) is 44.9 Å². The Bertz CT molecular complexity index is 755. The van der Waals surface area contributed by atoms with E-state index in [2.05, 4.69) is 32.2 Å². The van der Waals surface area contributed by atoms with Gasteiger partial charge < -0.3 is 15.0 Å². The first-order valence-electron chi connectivity index (χ1n) is 9.16. The van der Waals surface area contributed by atoms with E-state index in [0.717, 1.165) is 25.7 Å². The van der Waals surface area contributed by atoms with Crippen molar-refractivity contribution in [2.24, 2.45) is 10.2 Å². The number of carbonyl (C=O) groups excluding carboxylic acids is 1. The van der Waals surface area contributed by atoms with Crippen LogP contribution in [0.5, 0.6) is 0 Å². The number of alkyl halides is 3. The summed E-state index contributed by atoms with van der Waals surface area (Å²) in [5, 5.41) is 10.9. The molecule has 0 aromatic rings. The summed E-state index contributed by atoms with van der Waals surface area (Å²) < 4.78 is 41.3. The molecule has 9 heteroatoms. The Kier molecular flexibility index (Phi) is 4.57. The van der Waals surface area contributed by atoms with Gasteiger partial charge in [0, 0.05) is 30.1 Å². The van der Waals surface area contributed by atoms with E-state index in [9.17, 15) is 18.0 Å². The third-order valence-corrected chi connectivity index (χ3v) is 5.74. The maximum absolute atomic E-state index is 12.7. The summed E-state index contributed by atoms with van der Waals surface area (Å²) in [6, 6.07) is 0.967. The lowest BCUT2D eigenvalue weighted by Crippen LogP contribution is -2.56. The number of hydrogen-bond acceptors (Lipinski definition) is 5. The molecule has 0 aromatic carbocycles. The molecule has 2 bridgehead atoms. The molecule has 2 saturated heterocycles. The Morgan fingerprint density at radius 3 is 2.63 bits per heavy atom. The van der Waals surface area contributed by atoms with Gasteiger partial charge in [-0.3, -0.25) is 4.79 Å². The van der Waals surface area contributed by atoms with Crippen LogP contribution in [0.1, 0.15) is 38.5 Å². The highest BCUT2D eigenvalue weighted by Gasteiger charge is 2.38. The lowest BCUT2D eigenvalue weighted by atomic mass is 9.82. The third kappa shape index (κ3) is 3.78. The largest absolute Gasteiger partial charge is 0.573 e. The summed E-state index contributed by atoms with van der Waals surface area (Å²) in [4.78, 5) is 15.1. The fourth-order valence-electron chi connectivity index (χ4n) is 4.42. The quantitative estimate of drug-likeness (QED) is 0.816. The highest BCUT2D eigenvalue weighted by atomic mass is 19.4. The van der Waals surface area contributed by atoms with Crippen molar-refractivity contribution < 1.29 is 22.7 Å². The number of nitrogens with zero attached hydrogens (tertiary/aromatic N) is 3. The predicted octanol–water partition coefficient (Wildman–Crippen LogP) is 2.68. The average molecular weight is 382 g/mol. The molecule has 1 amide bonds. The summed E-state index contributed by atoms with van der Waals surface area (Å²) in [5.74, 6) is -0.728. The summed E-state index contributed by atoms with van der Waals surface area (Å²) in [6.07, 6.45) is 3.06. The van der Waals surface area contributed by atoms with Gasteiger partial charge in [-0.15, -0.1) is 18.3 Å². The van der Waals surface area contributed by atoms with Crippen molar-refractivity contribution in [1.82, 2.24) is 10.2 Å². The number of amides is 1. The standard InChI is InChI=1S/C18H21F3N4O2/c1-25-11-3-2-4-12(25)8-10(7-11)22-17(26)16-14-9-13(27-18(19,20)21)5-6-15(14)23-24-16/h5,9-12H,2-4,6-8H2,1H3,(H,22,26). The summed E-state index contributed by atoms with van der Waals surface area (Å²) in [5.41, 5.74) is 0.850. The molecule has 4 aliphatic rings. The minimum absolute atomic E-state index is 0.0429. The highest BCUT2D eigenvalue weighted by molar-refractivity contribution is 6.53. The molecule has 0 spiro atoms.